The summed E-state index contributed by atoms with van der Waals surface area (Å²) in [6.45, 7) is 11.5. The molecular formula is C46H86N2O2. The van der Waals surface area contributed by atoms with Crippen molar-refractivity contribution < 1.29 is 9.47 Å². The van der Waals surface area contributed by atoms with Gasteiger partial charge in [0.05, 0.1) is 12.7 Å². The predicted octanol–water partition coefficient (Wildman–Crippen LogP) is 12.9. The van der Waals surface area contributed by atoms with Crippen molar-refractivity contribution in [3.05, 3.63) is 48.6 Å². The molecule has 292 valence electrons. The average Bonchev–Trinajstić information content (AvgIpc) is 3.12. The summed E-state index contributed by atoms with van der Waals surface area (Å²) in [7, 11) is 2.24. The summed E-state index contributed by atoms with van der Waals surface area (Å²) in [5.41, 5.74) is 0. The highest BCUT2D eigenvalue weighted by atomic mass is 16.5. The predicted molar refractivity (Wildman–Crippen MR) is 222 cm³/mol. The number of hydrogen-bond acceptors (Lipinski definition) is 4. The molecule has 1 unspecified atom stereocenters. The van der Waals surface area contributed by atoms with E-state index in [9.17, 15) is 0 Å². The number of hydrogen-bond donors (Lipinski definition) is 1. The molecule has 1 aliphatic rings. The zero-order valence-electron chi connectivity index (χ0n) is 33.9. The van der Waals surface area contributed by atoms with Crippen LogP contribution in [0, 0.1) is 5.92 Å². The lowest BCUT2D eigenvalue weighted by molar-refractivity contribution is -0.0181. The minimum Gasteiger partial charge on any atom is -0.379 e. The number of unbranched alkanes of at least 4 members (excludes halogenated alkanes) is 18. The largest absolute Gasteiger partial charge is 0.379 e. The van der Waals surface area contributed by atoms with E-state index < -0.39 is 0 Å². The third-order valence-electron chi connectivity index (χ3n) is 10.1. The summed E-state index contributed by atoms with van der Waals surface area (Å²) < 4.78 is 12.5. The summed E-state index contributed by atoms with van der Waals surface area (Å²) in [5, 5.41) is 3.74. The molecule has 1 rings (SSSR count). The maximum absolute atomic E-state index is 6.38. The van der Waals surface area contributed by atoms with Crippen LogP contribution in [0.1, 0.15) is 181 Å². The lowest BCUT2D eigenvalue weighted by atomic mass is 9.97. The third-order valence-corrected chi connectivity index (χ3v) is 10.1. The Balaban J connectivity index is 2.08. The van der Waals surface area contributed by atoms with Crippen LogP contribution < -0.4 is 5.32 Å². The first-order chi connectivity index (χ1) is 24.8. The Kier molecular flexibility index (Phi) is 36.5. The van der Waals surface area contributed by atoms with Gasteiger partial charge in [-0.3, -0.25) is 0 Å². The first kappa shape index (κ1) is 46.8. The highest BCUT2D eigenvalue weighted by molar-refractivity contribution is 4.93. The van der Waals surface area contributed by atoms with E-state index >= 15 is 0 Å². The van der Waals surface area contributed by atoms with Crippen LogP contribution in [0.25, 0.3) is 0 Å². The van der Waals surface area contributed by atoms with Gasteiger partial charge in [0, 0.05) is 19.8 Å². The first-order valence-corrected chi connectivity index (χ1v) is 21.9. The molecule has 4 heteroatoms. The van der Waals surface area contributed by atoms with E-state index in [0.717, 1.165) is 51.7 Å². The molecule has 0 aromatic carbocycles. The van der Waals surface area contributed by atoms with Crippen LogP contribution in [0.3, 0.4) is 0 Å². The molecular weight excluding hydrogens is 613 g/mol. The molecule has 1 N–H and O–H groups in total. The number of nitrogens with one attached hydrogen (secondary N) is 1. The Morgan fingerprint density at radius 3 is 1.50 bits per heavy atom. The lowest BCUT2D eigenvalue weighted by Crippen LogP contribution is -2.39. The zero-order valence-corrected chi connectivity index (χ0v) is 33.9. The second-order valence-electron chi connectivity index (χ2n) is 15.1. The zero-order chi connectivity index (χ0) is 35.8. The third kappa shape index (κ3) is 33.9. The van der Waals surface area contributed by atoms with Gasteiger partial charge >= 0.3 is 0 Å². The lowest BCUT2D eigenvalue weighted by Gasteiger charge is -2.29. The number of likely N-dealkylation sites (tertiary alicyclic amines) is 1. The van der Waals surface area contributed by atoms with Crippen LogP contribution >= 0.6 is 0 Å². The number of rotatable bonds is 37. The number of allylic oxidation sites excluding steroid dienone is 8. The minimum absolute atomic E-state index is 0.170. The molecule has 0 aromatic rings. The topological polar surface area (TPSA) is 33.7 Å². The minimum atomic E-state index is 0.170. The van der Waals surface area contributed by atoms with Crippen LogP contribution in [-0.2, 0) is 9.47 Å². The maximum atomic E-state index is 6.38. The Labute approximate surface area is 313 Å². The van der Waals surface area contributed by atoms with Gasteiger partial charge in [-0.05, 0) is 122 Å². The number of piperidine rings is 1. The molecule has 0 aliphatic carbocycles. The van der Waals surface area contributed by atoms with Crippen molar-refractivity contribution >= 4 is 0 Å². The fourth-order valence-corrected chi connectivity index (χ4v) is 6.63. The van der Waals surface area contributed by atoms with Gasteiger partial charge in [-0.2, -0.15) is 0 Å². The van der Waals surface area contributed by atoms with Gasteiger partial charge in [0.25, 0.3) is 0 Å². The average molecular weight is 699 g/mol. The van der Waals surface area contributed by atoms with Gasteiger partial charge < -0.3 is 19.7 Å². The fourth-order valence-electron chi connectivity index (χ4n) is 6.63. The molecule has 0 saturated carbocycles. The molecule has 1 atom stereocenters. The van der Waals surface area contributed by atoms with Crippen molar-refractivity contribution in [3.63, 3.8) is 0 Å². The van der Waals surface area contributed by atoms with Gasteiger partial charge in [-0.25, -0.2) is 0 Å². The second-order valence-corrected chi connectivity index (χ2v) is 15.1. The van der Waals surface area contributed by atoms with Crippen LogP contribution in [-0.4, -0.2) is 64.1 Å². The molecule has 4 nitrogen and oxygen atoms in total. The van der Waals surface area contributed by atoms with Gasteiger partial charge in [0.2, 0.25) is 0 Å². The van der Waals surface area contributed by atoms with Crippen molar-refractivity contribution in [1.82, 2.24) is 10.2 Å². The normalized spacial score (nSPS) is 15.6. The van der Waals surface area contributed by atoms with Crippen LogP contribution in [0.4, 0.5) is 0 Å². The number of ether oxygens (including phenoxy) is 2. The molecule has 1 saturated heterocycles. The van der Waals surface area contributed by atoms with Crippen LogP contribution in [0.2, 0.25) is 0 Å². The van der Waals surface area contributed by atoms with E-state index in [-0.39, 0.29) is 6.10 Å². The molecule has 0 aromatic heterocycles. The van der Waals surface area contributed by atoms with Crippen molar-refractivity contribution in [3.8, 4) is 0 Å². The Morgan fingerprint density at radius 2 is 1.00 bits per heavy atom. The van der Waals surface area contributed by atoms with E-state index in [2.05, 4.69) is 79.7 Å². The molecule has 50 heavy (non-hydrogen) atoms. The van der Waals surface area contributed by atoms with E-state index in [1.807, 2.05) is 0 Å². The Bertz CT molecular complexity index is 783. The molecule has 0 amide bonds. The van der Waals surface area contributed by atoms with E-state index in [0.29, 0.717) is 0 Å². The Morgan fingerprint density at radius 1 is 0.560 bits per heavy atom. The summed E-state index contributed by atoms with van der Waals surface area (Å²) in [4.78, 5) is 2.46. The SMILES string of the molecule is CCCCC/C=C\C/C=C\CCCCCCCCOCC(CNCC1CCN(C)CC1)OCCCCCCCC/C=C\C/C=C\CCCCC. The van der Waals surface area contributed by atoms with Crippen molar-refractivity contribution in [2.24, 2.45) is 5.92 Å². The highest BCUT2D eigenvalue weighted by Crippen LogP contribution is 2.15. The van der Waals surface area contributed by atoms with E-state index in [1.54, 1.807) is 0 Å². The summed E-state index contributed by atoms with van der Waals surface area (Å²) in [5.74, 6) is 0.804. The fraction of sp³-hybridized carbons (Fsp3) is 0.826. The molecule has 0 radical (unpaired) electrons. The standard InChI is InChI=1S/C46H86N2O2/c1-4-6-8-10-12-14-16-18-20-22-24-26-28-30-32-34-40-49-44-46(43-47-42-45-36-38-48(3)39-37-45)50-41-35-33-31-29-27-25-23-21-19-17-15-13-11-9-7-5-2/h12-15,18-21,45-47H,4-11,16-17,22-44H2,1-3H3/b14-12-,15-13-,20-18-,21-19-. The van der Waals surface area contributed by atoms with E-state index in [4.69, 9.17) is 9.47 Å². The van der Waals surface area contributed by atoms with E-state index in [1.165, 1.54) is 167 Å². The number of nitrogens with zero attached hydrogens (tertiary/aromatic N) is 1. The highest BCUT2D eigenvalue weighted by Gasteiger charge is 2.17. The molecule has 1 fully saturated rings. The van der Waals surface area contributed by atoms with Gasteiger partial charge in [0.1, 0.15) is 0 Å². The second kappa shape index (κ2) is 39.0. The summed E-state index contributed by atoms with van der Waals surface area (Å²) >= 11 is 0. The molecule has 0 spiro atoms. The molecule has 1 aliphatic heterocycles. The summed E-state index contributed by atoms with van der Waals surface area (Å²) in [6, 6.07) is 0. The monoisotopic (exact) mass is 699 g/mol. The van der Waals surface area contributed by atoms with Gasteiger partial charge in [-0.1, -0.05) is 140 Å². The van der Waals surface area contributed by atoms with Crippen LogP contribution in [0.5, 0.6) is 0 Å². The molecule has 0 bridgehead atoms. The van der Waals surface area contributed by atoms with Crippen LogP contribution in [0.15, 0.2) is 48.6 Å². The van der Waals surface area contributed by atoms with Crippen molar-refractivity contribution in [2.75, 3.05) is 53.0 Å². The molecule has 1 heterocycles. The maximum Gasteiger partial charge on any atom is 0.0932 e. The Hall–Kier alpha value is -1.20. The quantitative estimate of drug-likeness (QED) is 0.0517. The first-order valence-electron chi connectivity index (χ1n) is 21.9. The van der Waals surface area contributed by atoms with Gasteiger partial charge in [-0.15, -0.1) is 0 Å². The van der Waals surface area contributed by atoms with Crippen molar-refractivity contribution in [2.45, 2.75) is 187 Å². The summed E-state index contributed by atoms with van der Waals surface area (Å²) in [6.07, 6.45) is 52.4. The van der Waals surface area contributed by atoms with Gasteiger partial charge in [0.15, 0.2) is 0 Å². The smallest absolute Gasteiger partial charge is 0.0932 e. The van der Waals surface area contributed by atoms with Crippen molar-refractivity contribution in [1.29, 1.82) is 0 Å².